The number of nitrogens with zero attached hydrogens (tertiary/aromatic N) is 4. The molecule has 2 aromatic heterocycles. The largest absolute Gasteiger partial charge is 0.428 e. The molecule has 2 N–H and O–H groups in total. The summed E-state index contributed by atoms with van der Waals surface area (Å²) in [4.78, 5) is 55.5. The lowest BCUT2D eigenvalue weighted by molar-refractivity contribution is -0.151. The van der Waals surface area contributed by atoms with Crippen molar-refractivity contribution in [2.75, 3.05) is 18.7 Å². The maximum atomic E-state index is 13.4. The number of ether oxygens (including phenoxy) is 2. The number of fused-ring (bicyclic) bond motifs is 1. The summed E-state index contributed by atoms with van der Waals surface area (Å²) in [5.41, 5.74) is 3.54. The number of amides is 3. The summed E-state index contributed by atoms with van der Waals surface area (Å²) < 4.78 is 11.4. The van der Waals surface area contributed by atoms with Gasteiger partial charge in [0.05, 0.1) is 5.56 Å². The van der Waals surface area contributed by atoms with Crippen LogP contribution in [-0.4, -0.2) is 62.8 Å². The quantitative estimate of drug-likeness (QED) is 0.291. The van der Waals surface area contributed by atoms with Crippen LogP contribution in [0.5, 0.6) is 0 Å². The van der Waals surface area contributed by atoms with Crippen LogP contribution in [-0.2, 0) is 14.3 Å². The molecule has 0 bridgehead atoms. The maximum absolute atomic E-state index is 13.4. The average Bonchev–Trinajstić information content (AvgIpc) is 3.70. The van der Waals surface area contributed by atoms with Gasteiger partial charge in [0, 0.05) is 36.5 Å². The lowest BCUT2D eigenvalue weighted by Gasteiger charge is -2.20. The van der Waals surface area contributed by atoms with Crippen molar-refractivity contribution in [2.24, 2.45) is 0 Å². The molecule has 0 unspecified atom stereocenters. The van der Waals surface area contributed by atoms with E-state index in [1.807, 2.05) is 20.8 Å². The van der Waals surface area contributed by atoms with E-state index < -0.39 is 24.8 Å². The highest BCUT2D eigenvalue weighted by Gasteiger charge is 2.39. The van der Waals surface area contributed by atoms with Gasteiger partial charge in [-0.25, -0.2) is 19.2 Å². The summed E-state index contributed by atoms with van der Waals surface area (Å²) in [6, 6.07) is 4.77. The molecule has 12 heteroatoms. The lowest BCUT2D eigenvalue weighted by atomic mass is 10.1. The van der Waals surface area contributed by atoms with Crippen LogP contribution in [0.15, 0.2) is 30.7 Å². The number of anilines is 2. The summed E-state index contributed by atoms with van der Waals surface area (Å²) in [5, 5.41) is 10.4. The lowest BCUT2D eigenvalue weighted by Crippen LogP contribution is -2.39. The van der Waals surface area contributed by atoms with Crippen LogP contribution in [0.25, 0.3) is 5.52 Å². The van der Waals surface area contributed by atoms with Gasteiger partial charge < -0.3 is 20.1 Å². The molecule has 4 rings (SSSR count). The molecule has 0 saturated heterocycles. The van der Waals surface area contributed by atoms with Gasteiger partial charge in [0.25, 0.3) is 11.8 Å². The number of hydrogen-bond acceptors (Lipinski definition) is 9. The Morgan fingerprint density at radius 1 is 1.13 bits per heavy atom. The molecule has 1 saturated carbocycles. The fourth-order valence-corrected chi connectivity index (χ4v) is 4.02. The van der Waals surface area contributed by atoms with Gasteiger partial charge in [-0.15, -0.1) is 0 Å². The molecular weight excluding hydrogens is 504 g/mol. The predicted molar refractivity (Wildman–Crippen MR) is 142 cm³/mol. The Hall–Kier alpha value is -4.48. The summed E-state index contributed by atoms with van der Waals surface area (Å²) in [6.07, 6.45) is 4.49. The van der Waals surface area contributed by atoms with Crippen molar-refractivity contribution in [1.29, 1.82) is 0 Å². The van der Waals surface area contributed by atoms with E-state index in [4.69, 9.17) is 9.47 Å². The standard InChI is InChI=1S/C27H32N6O6/c1-5-11-28-25(35)20-13-32-23(17(20)4)24(29-14-30-32)31-21-12-18(8-7-16(21)3)26(36)33(19-9-10-19)27(37)39-15-38-22(34)6-2/h7-8,12-14,19H,5-6,9-11,15H2,1-4H3,(H,28,35)(H,29,30,31). The number of esters is 1. The third kappa shape index (κ3) is 6.16. The summed E-state index contributed by atoms with van der Waals surface area (Å²) in [5.74, 6) is -0.756. The van der Waals surface area contributed by atoms with Gasteiger partial charge in [-0.2, -0.15) is 5.10 Å². The number of aryl methyl sites for hydroxylation is 2. The first-order valence-corrected chi connectivity index (χ1v) is 12.9. The molecule has 1 aromatic carbocycles. The van der Waals surface area contributed by atoms with Crippen LogP contribution in [0.4, 0.5) is 16.3 Å². The number of rotatable bonds is 10. The summed E-state index contributed by atoms with van der Waals surface area (Å²) in [6.45, 7) is 7.32. The molecule has 0 spiro atoms. The predicted octanol–water partition coefficient (Wildman–Crippen LogP) is 3.88. The van der Waals surface area contributed by atoms with Gasteiger partial charge in [-0.1, -0.05) is 19.9 Å². The minimum absolute atomic E-state index is 0.150. The zero-order valence-electron chi connectivity index (χ0n) is 22.4. The van der Waals surface area contributed by atoms with Crippen LogP contribution in [0.3, 0.4) is 0 Å². The first kappa shape index (κ1) is 27.6. The molecule has 3 aromatic rings. The number of carbonyl (C=O) groups excluding carboxylic acids is 4. The highest BCUT2D eigenvalue weighted by molar-refractivity contribution is 6.04. The molecule has 0 radical (unpaired) electrons. The zero-order chi connectivity index (χ0) is 28.1. The molecular formula is C27H32N6O6. The first-order chi connectivity index (χ1) is 18.7. The van der Waals surface area contributed by atoms with Crippen LogP contribution >= 0.6 is 0 Å². The number of carbonyl (C=O) groups is 4. The van der Waals surface area contributed by atoms with Gasteiger partial charge >= 0.3 is 12.1 Å². The number of imide groups is 1. The Labute approximate surface area is 225 Å². The fourth-order valence-electron chi connectivity index (χ4n) is 4.02. The van der Waals surface area contributed by atoms with Gasteiger partial charge in [-0.05, 0) is 56.4 Å². The second-order valence-corrected chi connectivity index (χ2v) is 9.28. The van der Waals surface area contributed by atoms with Gasteiger partial charge in [-0.3, -0.25) is 14.4 Å². The van der Waals surface area contributed by atoms with E-state index in [9.17, 15) is 19.2 Å². The topological polar surface area (TPSA) is 144 Å². The first-order valence-electron chi connectivity index (χ1n) is 12.9. The molecule has 0 aliphatic heterocycles. The summed E-state index contributed by atoms with van der Waals surface area (Å²) >= 11 is 0. The van der Waals surface area contributed by atoms with Crippen molar-refractivity contribution in [1.82, 2.24) is 24.8 Å². The Bertz CT molecular complexity index is 1410. The van der Waals surface area contributed by atoms with E-state index in [2.05, 4.69) is 20.7 Å². The normalized spacial score (nSPS) is 12.6. The average molecular weight is 537 g/mol. The Morgan fingerprint density at radius 2 is 1.90 bits per heavy atom. The van der Waals surface area contributed by atoms with Gasteiger partial charge in [0.15, 0.2) is 5.82 Å². The molecule has 12 nitrogen and oxygen atoms in total. The number of nitrogens with one attached hydrogen (secondary N) is 2. The van der Waals surface area contributed by atoms with Crippen molar-refractivity contribution in [3.63, 3.8) is 0 Å². The van der Waals surface area contributed by atoms with Crippen molar-refractivity contribution >= 4 is 40.9 Å². The number of hydrogen-bond donors (Lipinski definition) is 2. The van der Waals surface area contributed by atoms with E-state index in [-0.39, 0.29) is 23.9 Å². The Kier molecular flexibility index (Phi) is 8.43. The molecule has 1 fully saturated rings. The van der Waals surface area contributed by atoms with Crippen LogP contribution in [0, 0.1) is 13.8 Å². The molecule has 1 aliphatic rings. The maximum Gasteiger partial charge on any atom is 0.419 e. The SMILES string of the molecule is CCCNC(=O)c1cn2ncnc(Nc3cc(C(=O)N(C(=O)OCOC(=O)CC)C4CC4)ccc3C)c2c1C. The second-order valence-electron chi connectivity index (χ2n) is 9.28. The zero-order valence-corrected chi connectivity index (χ0v) is 22.4. The minimum Gasteiger partial charge on any atom is -0.428 e. The highest BCUT2D eigenvalue weighted by atomic mass is 16.7. The van der Waals surface area contributed by atoms with E-state index in [1.165, 1.54) is 6.33 Å². The van der Waals surface area contributed by atoms with Gasteiger partial charge in [0.1, 0.15) is 11.8 Å². The van der Waals surface area contributed by atoms with Crippen LogP contribution < -0.4 is 10.6 Å². The molecule has 0 atom stereocenters. The van der Waals surface area contributed by atoms with Crippen LogP contribution in [0.1, 0.15) is 71.4 Å². The van der Waals surface area contributed by atoms with E-state index in [0.29, 0.717) is 47.5 Å². The smallest absolute Gasteiger partial charge is 0.419 e. The van der Waals surface area contributed by atoms with Gasteiger partial charge in [0.2, 0.25) is 6.79 Å². The molecule has 3 amide bonds. The third-order valence-electron chi connectivity index (χ3n) is 6.36. The van der Waals surface area contributed by atoms with E-state index in [0.717, 1.165) is 16.9 Å². The summed E-state index contributed by atoms with van der Waals surface area (Å²) in [7, 11) is 0. The van der Waals surface area contributed by atoms with Crippen molar-refractivity contribution < 1.29 is 28.7 Å². The van der Waals surface area contributed by atoms with Crippen molar-refractivity contribution in [3.8, 4) is 0 Å². The highest BCUT2D eigenvalue weighted by Crippen LogP contribution is 2.31. The number of benzene rings is 1. The Morgan fingerprint density at radius 3 is 2.59 bits per heavy atom. The Balaban J connectivity index is 1.58. The molecule has 206 valence electrons. The second kappa shape index (κ2) is 11.9. The van der Waals surface area contributed by atoms with Crippen LogP contribution in [0.2, 0.25) is 0 Å². The monoisotopic (exact) mass is 536 g/mol. The molecule has 2 heterocycles. The van der Waals surface area contributed by atoms with Crippen molar-refractivity contribution in [3.05, 3.63) is 53.0 Å². The minimum atomic E-state index is -0.864. The van der Waals surface area contributed by atoms with Crippen molar-refractivity contribution in [2.45, 2.75) is 59.4 Å². The van der Waals surface area contributed by atoms with E-state index >= 15 is 0 Å². The molecule has 39 heavy (non-hydrogen) atoms. The van der Waals surface area contributed by atoms with E-state index in [1.54, 1.807) is 35.8 Å². The third-order valence-corrected chi connectivity index (χ3v) is 6.36. The number of aromatic nitrogens is 3. The fraction of sp³-hybridized carbons (Fsp3) is 0.407. The molecule has 1 aliphatic carbocycles.